The summed E-state index contributed by atoms with van der Waals surface area (Å²) < 4.78 is 0. The van der Waals surface area contributed by atoms with Crippen molar-refractivity contribution in [2.24, 2.45) is 0 Å². The summed E-state index contributed by atoms with van der Waals surface area (Å²) in [6, 6.07) is 6.48. The average Bonchev–Trinajstić information content (AvgIpc) is 2.85. The summed E-state index contributed by atoms with van der Waals surface area (Å²) in [7, 11) is 0. The molecule has 0 saturated carbocycles. The standard InChI is InChI=1S/C13H13N3/c1-8-5-11(12-7-15-16-9(12)2)6-10-3-4-14-13(8)10/h3-7,14H,1-2H3,(H,15,16). The van der Waals surface area contributed by atoms with Crippen LogP contribution < -0.4 is 0 Å². The third kappa shape index (κ3) is 1.25. The SMILES string of the molecule is Cc1[nH]ncc1-c1cc(C)c2[nH]ccc2c1. The highest BCUT2D eigenvalue weighted by Gasteiger charge is 2.07. The molecule has 16 heavy (non-hydrogen) atoms. The molecule has 2 aromatic heterocycles. The number of aryl methyl sites for hydroxylation is 2. The highest BCUT2D eigenvalue weighted by Crippen LogP contribution is 2.27. The van der Waals surface area contributed by atoms with Gasteiger partial charge < -0.3 is 4.98 Å². The van der Waals surface area contributed by atoms with E-state index in [0.717, 1.165) is 5.69 Å². The van der Waals surface area contributed by atoms with E-state index in [1.165, 1.54) is 27.6 Å². The number of hydrogen-bond acceptors (Lipinski definition) is 1. The maximum Gasteiger partial charge on any atom is 0.0568 e. The number of fused-ring (bicyclic) bond motifs is 1. The maximum atomic E-state index is 4.06. The monoisotopic (exact) mass is 211 g/mol. The first-order chi connectivity index (χ1) is 7.75. The Hall–Kier alpha value is -2.03. The summed E-state index contributed by atoms with van der Waals surface area (Å²) in [6.45, 7) is 4.16. The second kappa shape index (κ2) is 3.23. The molecule has 0 amide bonds. The van der Waals surface area contributed by atoms with Crippen molar-refractivity contribution in [2.75, 3.05) is 0 Å². The van der Waals surface area contributed by atoms with Crippen molar-refractivity contribution in [3.63, 3.8) is 0 Å². The van der Waals surface area contributed by atoms with Crippen molar-refractivity contribution in [1.82, 2.24) is 15.2 Å². The maximum absolute atomic E-state index is 4.06. The van der Waals surface area contributed by atoms with Gasteiger partial charge in [0.15, 0.2) is 0 Å². The highest BCUT2D eigenvalue weighted by molar-refractivity contribution is 5.88. The fraction of sp³-hybridized carbons (Fsp3) is 0.154. The van der Waals surface area contributed by atoms with Crippen molar-refractivity contribution >= 4 is 10.9 Å². The fourth-order valence-corrected chi connectivity index (χ4v) is 2.16. The van der Waals surface area contributed by atoms with Gasteiger partial charge >= 0.3 is 0 Å². The Morgan fingerprint density at radius 1 is 1.19 bits per heavy atom. The van der Waals surface area contributed by atoms with E-state index in [-0.39, 0.29) is 0 Å². The Balaban J connectivity index is 2.29. The highest BCUT2D eigenvalue weighted by atomic mass is 15.1. The van der Waals surface area contributed by atoms with E-state index in [1.807, 2.05) is 19.3 Å². The van der Waals surface area contributed by atoms with Gasteiger partial charge in [-0.15, -0.1) is 0 Å². The molecule has 2 N–H and O–H groups in total. The van der Waals surface area contributed by atoms with Crippen molar-refractivity contribution in [1.29, 1.82) is 0 Å². The Morgan fingerprint density at radius 3 is 2.81 bits per heavy atom. The largest absolute Gasteiger partial charge is 0.361 e. The topological polar surface area (TPSA) is 44.5 Å². The zero-order valence-corrected chi connectivity index (χ0v) is 9.33. The molecule has 2 heterocycles. The predicted octanol–water partition coefficient (Wildman–Crippen LogP) is 3.17. The van der Waals surface area contributed by atoms with E-state index in [1.54, 1.807) is 0 Å². The summed E-state index contributed by atoms with van der Waals surface area (Å²) in [5, 5.41) is 8.28. The molecule has 0 saturated heterocycles. The van der Waals surface area contributed by atoms with Gasteiger partial charge in [-0.1, -0.05) is 0 Å². The zero-order valence-electron chi connectivity index (χ0n) is 9.33. The van der Waals surface area contributed by atoms with E-state index in [2.05, 4.69) is 40.3 Å². The molecule has 0 aliphatic rings. The van der Waals surface area contributed by atoms with E-state index < -0.39 is 0 Å². The van der Waals surface area contributed by atoms with Crippen LogP contribution >= 0.6 is 0 Å². The van der Waals surface area contributed by atoms with Crippen LogP contribution in [0.1, 0.15) is 11.3 Å². The third-order valence-electron chi connectivity index (χ3n) is 3.00. The van der Waals surface area contributed by atoms with Crippen LogP contribution in [0.4, 0.5) is 0 Å². The van der Waals surface area contributed by atoms with Crippen LogP contribution in [-0.4, -0.2) is 15.2 Å². The van der Waals surface area contributed by atoms with Crippen LogP contribution in [0.2, 0.25) is 0 Å². The number of nitrogens with zero attached hydrogens (tertiary/aromatic N) is 1. The molecule has 3 nitrogen and oxygen atoms in total. The van der Waals surface area contributed by atoms with Crippen molar-refractivity contribution in [2.45, 2.75) is 13.8 Å². The van der Waals surface area contributed by atoms with E-state index in [4.69, 9.17) is 0 Å². The Labute approximate surface area is 93.5 Å². The van der Waals surface area contributed by atoms with Crippen LogP contribution in [-0.2, 0) is 0 Å². The normalized spacial score (nSPS) is 11.1. The number of aromatic amines is 2. The van der Waals surface area contributed by atoms with E-state index in [9.17, 15) is 0 Å². The summed E-state index contributed by atoms with van der Waals surface area (Å²) in [5.41, 5.74) is 5.97. The molecule has 1 aromatic carbocycles. The molecule has 3 heteroatoms. The van der Waals surface area contributed by atoms with Crippen molar-refractivity contribution < 1.29 is 0 Å². The molecule has 0 radical (unpaired) electrons. The summed E-state index contributed by atoms with van der Waals surface area (Å²) in [6.07, 6.45) is 3.85. The van der Waals surface area contributed by atoms with E-state index in [0.29, 0.717) is 0 Å². The lowest BCUT2D eigenvalue weighted by atomic mass is 10.0. The molecule has 0 spiro atoms. The first-order valence-corrected chi connectivity index (χ1v) is 5.34. The lowest BCUT2D eigenvalue weighted by molar-refractivity contribution is 1.05. The number of H-pyrrole nitrogens is 2. The second-order valence-electron chi connectivity index (χ2n) is 4.14. The number of hydrogen-bond donors (Lipinski definition) is 2. The molecule has 0 bridgehead atoms. The molecule has 3 rings (SSSR count). The zero-order chi connectivity index (χ0) is 11.1. The minimum absolute atomic E-state index is 1.11. The van der Waals surface area contributed by atoms with Gasteiger partial charge in [-0.05, 0) is 43.2 Å². The predicted molar refractivity (Wildman–Crippen MR) is 65.4 cm³/mol. The van der Waals surface area contributed by atoms with E-state index >= 15 is 0 Å². The number of benzene rings is 1. The molecule has 0 unspecified atom stereocenters. The van der Waals surface area contributed by atoms with Gasteiger partial charge in [-0.3, -0.25) is 5.10 Å². The summed E-state index contributed by atoms with van der Waals surface area (Å²) in [4.78, 5) is 3.25. The minimum Gasteiger partial charge on any atom is -0.361 e. The molecule has 80 valence electrons. The van der Waals surface area contributed by atoms with Gasteiger partial charge in [0.2, 0.25) is 0 Å². The number of nitrogens with one attached hydrogen (secondary N) is 2. The van der Waals surface area contributed by atoms with Crippen LogP contribution in [0.15, 0.2) is 30.6 Å². The number of aromatic nitrogens is 3. The van der Waals surface area contributed by atoms with Crippen LogP contribution in [0.5, 0.6) is 0 Å². The molecule has 0 aliphatic heterocycles. The van der Waals surface area contributed by atoms with Crippen molar-refractivity contribution in [3.05, 3.63) is 41.9 Å². The van der Waals surface area contributed by atoms with Gasteiger partial charge in [0.05, 0.1) is 6.20 Å². The van der Waals surface area contributed by atoms with Crippen LogP contribution in [0, 0.1) is 13.8 Å². The summed E-state index contributed by atoms with van der Waals surface area (Å²) >= 11 is 0. The minimum atomic E-state index is 1.11. The average molecular weight is 211 g/mol. The Bertz CT molecular complexity index is 646. The van der Waals surface area contributed by atoms with Crippen LogP contribution in [0.25, 0.3) is 22.0 Å². The fourth-order valence-electron chi connectivity index (χ4n) is 2.16. The molecule has 0 atom stereocenters. The lowest BCUT2D eigenvalue weighted by Crippen LogP contribution is -1.82. The van der Waals surface area contributed by atoms with Gasteiger partial charge in [0, 0.05) is 28.4 Å². The molecule has 0 aliphatic carbocycles. The summed E-state index contributed by atoms with van der Waals surface area (Å²) in [5.74, 6) is 0. The molecular formula is C13H13N3. The Kier molecular flexibility index (Phi) is 1.86. The first-order valence-electron chi connectivity index (χ1n) is 5.34. The van der Waals surface area contributed by atoms with Gasteiger partial charge in [0.1, 0.15) is 0 Å². The first kappa shape index (κ1) is 9.21. The smallest absolute Gasteiger partial charge is 0.0568 e. The Morgan fingerprint density at radius 2 is 2.06 bits per heavy atom. The molecule has 0 fully saturated rings. The van der Waals surface area contributed by atoms with Gasteiger partial charge in [-0.25, -0.2) is 0 Å². The molecule has 3 aromatic rings. The quantitative estimate of drug-likeness (QED) is 0.638. The van der Waals surface area contributed by atoms with Gasteiger partial charge in [0.25, 0.3) is 0 Å². The second-order valence-corrected chi connectivity index (χ2v) is 4.14. The van der Waals surface area contributed by atoms with Crippen LogP contribution in [0.3, 0.4) is 0 Å². The van der Waals surface area contributed by atoms with Crippen molar-refractivity contribution in [3.8, 4) is 11.1 Å². The third-order valence-corrected chi connectivity index (χ3v) is 3.00. The number of rotatable bonds is 1. The molecular weight excluding hydrogens is 198 g/mol. The van der Waals surface area contributed by atoms with Gasteiger partial charge in [-0.2, -0.15) is 5.10 Å². The lowest BCUT2D eigenvalue weighted by Gasteiger charge is -2.03.